The first-order chi connectivity index (χ1) is 9.30. The van der Waals surface area contributed by atoms with Gasteiger partial charge in [0, 0.05) is 32.7 Å². The van der Waals surface area contributed by atoms with Crippen LogP contribution in [0.2, 0.25) is 0 Å². The molecule has 2 rings (SSSR count). The van der Waals surface area contributed by atoms with E-state index in [0.29, 0.717) is 11.0 Å². The fourth-order valence-electron chi connectivity index (χ4n) is 2.84. The van der Waals surface area contributed by atoms with Gasteiger partial charge in [-0.15, -0.1) is 0 Å². The average molecular weight is 275 g/mol. The van der Waals surface area contributed by atoms with Crippen molar-refractivity contribution in [3.8, 4) is 0 Å². The normalized spacial score (nSPS) is 17.9. The van der Waals surface area contributed by atoms with Crippen LogP contribution in [0.5, 0.6) is 0 Å². The summed E-state index contributed by atoms with van der Waals surface area (Å²) in [5.41, 5.74) is 8.85. The van der Waals surface area contributed by atoms with Crippen molar-refractivity contribution in [2.24, 2.45) is 5.41 Å². The molecule has 1 aliphatic heterocycles. The van der Waals surface area contributed by atoms with Gasteiger partial charge in [-0.3, -0.25) is 4.79 Å². The SMILES string of the molecule is CN(C)C(=O)c1ccc(N)c(N2CCCC(C)(C)C2)c1. The minimum absolute atomic E-state index is 0.0162. The Morgan fingerprint density at radius 3 is 2.65 bits per heavy atom. The lowest BCUT2D eigenvalue weighted by molar-refractivity contribution is 0.0827. The topological polar surface area (TPSA) is 49.6 Å². The molecule has 0 saturated carbocycles. The zero-order valence-corrected chi connectivity index (χ0v) is 12.9. The molecule has 20 heavy (non-hydrogen) atoms. The van der Waals surface area contributed by atoms with Crippen LogP contribution in [0.1, 0.15) is 37.0 Å². The Hall–Kier alpha value is -1.71. The first-order valence-corrected chi connectivity index (χ1v) is 7.16. The molecule has 1 heterocycles. The Bertz CT molecular complexity index is 508. The number of rotatable bonds is 2. The summed E-state index contributed by atoms with van der Waals surface area (Å²) in [7, 11) is 3.53. The van der Waals surface area contributed by atoms with Gasteiger partial charge in [-0.25, -0.2) is 0 Å². The van der Waals surface area contributed by atoms with E-state index in [9.17, 15) is 4.79 Å². The number of carbonyl (C=O) groups excluding carboxylic acids is 1. The molecule has 0 unspecified atom stereocenters. The van der Waals surface area contributed by atoms with Gasteiger partial charge in [0.25, 0.3) is 5.91 Å². The predicted molar refractivity (Wildman–Crippen MR) is 84.1 cm³/mol. The molecule has 4 nitrogen and oxygen atoms in total. The number of hydrogen-bond donors (Lipinski definition) is 1. The van der Waals surface area contributed by atoms with Gasteiger partial charge in [0.05, 0.1) is 11.4 Å². The molecular weight excluding hydrogens is 250 g/mol. The van der Waals surface area contributed by atoms with Crippen LogP contribution in [0, 0.1) is 5.41 Å². The zero-order valence-electron chi connectivity index (χ0n) is 12.9. The summed E-state index contributed by atoms with van der Waals surface area (Å²) >= 11 is 0. The van der Waals surface area contributed by atoms with Gasteiger partial charge in [0.15, 0.2) is 0 Å². The van der Waals surface area contributed by atoms with Crippen molar-refractivity contribution in [2.45, 2.75) is 26.7 Å². The molecule has 0 bridgehead atoms. The van der Waals surface area contributed by atoms with Gasteiger partial charge in [0.2, 0.25) is 0 Å². The number of benzene rings is 1. The highest BCUT2D eigenvalue weighted by molar-refractivity contribution is 5.96. The van der Waals surface area contributed by atoms with Crippen LogP contribution in [0.25, 0.3) is 0 Å². The summed E-state index contributed by atoms with van der Waals surface area (Å²) < 4.78 is 0. The molecule has 0 radical (unpaired) electrons. The Kier molecular flexibility index (Phi) is 3.93. The van der Waals surface area contributed by atoms with Crippen LogP contribution in [-0.2, 0) is 0 Å². The van der Waals surface area contributed by atoms with Gasteiger partial charge >= 0.3 is 0 Å². The van der Waals surface area contributed by atoms with Crippen LogP contribution in [-0.4, -0.2) is 38.0 Å². The van der Waals surface area contributed by atoms with Crippen molar-refractivity contribution in [3.05, 3.63) is 23.8 Å². The fraction of sp³-hybridized carbons (Fsp3) is 0.562. The summed E-state index contributed by atoms with van der Waals surface area (Å²) in [5.74, 6) is 0.0162. The quantitative estimate of drug-likeness (QED) is 0.844. The van der Waals surface area contributed by atoms with Crippen LogP contribution in [0.15, 0.2) is 18.2 Å². The van der Waals surface area contributed by atoms with Gasteiger partial charge in [-0.05, 0) is 36.5 Å². The molecular formula is C16H25N3O. The lowest BCUT2D eigenvalue weighted by Crippen LogP contribution is -2.40. The highest BCUT2D eigenvalue weighted by Crippen LogP contribution is 2.34. The number of piperidine rings is 1. The highest BCUT2D eigenvalue weighted by atomic mass is 16.2. The van der Waals surface area contributed by atoms with Crippen molar-refractivity contribution in [2.75, 3.05) is 37.8 Å². The molecule has 1 aliphatic rings. The Balaban J connectivity index is 2.31. The molecule has 0 aromatic heterocycles. The molecule has 4 heteroatoms. The molecule has 0 spiro atoms. The van der Waals surface area contributed by atoms with E-state index in [4.69, 9.17) is 5.73 Å². The molecule has 1 amide bonds. The van der Waals surface area contributed by atoms with E-state index in [1.165, 1.54) is 6.42 Å². The highest BCUT2D eigenvalue weighted by Gasteiger charge is 2.27. The van der Waals surface area contributed by atoms with Crippen LogP contribution in [0.4, 0.5) is 11.4 Å². The maximum atomic E-state index is 12.1. The number of nitrogens with zero attached hydrogens (tertiary/aromatic N) is 2. The maximum absolute atomic E-state index is 12.1. The largest absolute Gasteiger partial charge is 0.397 e. The molecule has 1 saturated heterocycles. The molecule has 0 aliphatic carbocycles. The van der Waals surface area contributed by atoms with E-state index in [0.717, 1.165) is 30.9 Å². The smallest absolute Gasteiger partial charge is 0.253 e. The van der Waals surface area contributed by atoms with Gasteiger partial charge in [-0.1, -0.05) is 13.8 Å². The minimum Gasteiger partial charge on any atom is -0.397 e. The van der Waals surface area contributed by atoms with Gasteiger partial charge in [0.1, 0.15) is 0 Å². The molecule has 1 aromatic carbocycles. The lowest BCUT2D eigenvalue weighted by Gasteiger charge is -2.40. The summed E-state index contributed by atoms with van der Waals surface area (Å²) in [6.45, 7) is 6.55. The number of carbonyl (C=O) groups is 1. The number of nitrogen functional groups attached to an aromatic ring is 1. The standard InChI is InChI=1S/C16H25N3O/c1-16(2)8-5-9-19(11-16)14-10-12(6-7-13(14)17)15(20)18(3)4/h6-7,10H,5,8-9,11,17H2,1-4H3. The third kappa shape index (κ3) is 3.06. The van der Waals surface area contributed by atoms with Crippen molar-refractivity contribution in [1.29, 1.82) is 0 Å². The van der Waals surface area contributed by atoms with Crippen molar-refractivity contribution < 1.29 is 4.79 Å². The molecule has 1 aromatic rings. The van der Waals surface area contributed by atoms with E-state index in [1.807, 2.05) is 12.1 Å². The molecule has 1 fully saturated rings. The maximum Gasteiger partial charge on any atom is 0.253 e. The number of amides is 1. The number of anilines is 2. The lowest BCUT2D eigenvalue weighted by atomic mass is 9.84. The van der Waals surface area contributed by atoms with E-state index in [-0.39, 0.29) is 5.91 Å². The van der Waals surface area contributed by atoms with Crippen LogP contribution >= 0.6 is 0 Å². The van der Waals surface area contributed by atoms with Gasteiger partial charge < -0.3 is 15.5 Å². The number of hydrogen-bond acceptors (Lipinski definition) is 3. The molecule has 0 atom stereocenters. The monoisotopic (exact) mass is 275 g/mol. The Morgan fingerprint density at radius 1 is 1.35 bits per heavy atom. The summed E-state index contributed by atoms with van der Waals surface area (Å²) in [6.07, 6.45) is 2.40. The van der Waals surface area contributed by atoms with Crippen molar-refractivity contribution in [1.82, 2.24) is 4.90 Å². The molecule has 2 N–H and O–H groups in total. The van der Waals surface area contributed by atoms with E-state index >= 15 is 0 Å². The van der Waals surface area contributed by atoms with Crippen LogP contribution < -0.4 is 10.6 Å². The second-order valence-corrected chi connectivity index (χ2v) is 6.66. The van der Waals surface area contributed by atoms with E-state index < -0.39 is 0 Å². The summed E-state index contributed by atoms with van der Waals surface area (Å²) in [4.78, 5) is 16.0. The zero-order chi connectivity index (χ0) is 14.9. The fourth-order valence-corrected chi connectivity index (χ4v) is 2.84. The second-order valence-electron chi connectivity index (χ2n) is 6.66. The van der Waals surface area contributed by atoms with E-state index in [1.54, 1.807) is 25.1 Å². The minimum atomic E-state index is 0.0162. The second kappa shape index (κ2) is 5.35. The number of nitrogens with two attached hydrogens (primary N) is 1. The first kappa shape index (κ1) is 14.7. The summed E-state index contributed by atoms with van der Waals surface area (Å²) in [5, 5.41) is 0. The van der Waals surface area contributed by atoms with Crippen molar-refractivity contribution in [3.63, 3.8) is 0 Å². The van der Waals surface area contributed by atoms with E-state index in [2.05, 4.69) is 18.7 Å². The third-order valence-corrected chi connectivity index (χ3v) is 3.92. The Labute approximate surface area is 121 Å². The average Bonchev–Trinajstić information content (AvgIpc) is 2.37. The predicted octanol–water partition coefficient (Wildman–Crippen LogP) is 2.60. The van der Waals surface area contributed by atoms with Crippen LogP contribution in [0.3, 0.4) is 0 Å². The van der Waals surface area contributed by atoms with Gasteiger partial charge in [-0.2, -0.15) is 0 Å². The third-order valence-electron chi connectivity index (χ3n) is 3.92. The van der Waals surface area contributed by atoms with Crippen molar-refractivity contribution >= 4 is 17.3 Å². The Morgan fingerprint density at radius 2 is 2.05 bits per heavy atom. The first-order valence-electron chi connectivity index (χ1n) is 7.16. The summed E-state index contributed by atoms with van der Waals surface area (Å²) in [6, 6.07) is 5.57. The molecule has 110 valence electrons.